The van der Waals surface area contributed by atoms with Crippen LogP contribution < -0.4 is 10.6 Å². The molecule has 1 saturated heterocycles. The number of benzene rings is 2. The first kappa shape index (κ1) is 26.3. The van der Waals surface area contributed by atoms with Gasteiger partial charge in [0.15, 0.2) is 0 Å². The van der Waals surface area contributed by atoms with Crippen molar-refractivity contribution < 1.29 is 9.13 Å². The summed E-state index contributed by atoms with van der Waals surface area (Å²) in [6.07, 6.45) is 0. The van der Waals surface area contributed by atoms with Gasteiger partial charge in [-0.25, -0.2) is 14.2 Å². The topological polar surface area (TPSA) is 57.2 Å². The standard InChI is InChI=1S/C29H36FN5O2Si/c1-29(2,3)27-31-22-15-19(9-14-38(6,7)8)21(30)18-23(22)35(27)20-16-24-26(33(5)28(36)32(24)4)25(17-20)34-10-12-37-13-11-34/h15-18H,10-13H2,1-8H3. The van der Waals surface area contributed by atoms with Gasteiger partial charge in [-0.1, -0.05) is 46.3 Å². The normalized spacial score (nSPS) is 14.8. The molecule has 0 atom stereocenters. The third-order valence-corrected chi connectivity index (χ3v) is 7.80. The first-order valence-corrected chi connectivity index (χ1v) is 16.5. The van der Waals surface area contributed by atoms with Crippen molar-refractivity contribution in [3.05, 3.63) is 52.0 Å². The maximum Gasteiger partial charge on any atom is 0.328 e. The van der Waals surface area contributed by atoms with Crippen molar-refractivity contribution in [2.75, 3.05) is 31.2 Å². The molecular weight excluding hydrogens is 497 g/mol. The van der Waals surface area contributed by atoms with Crippen LogP contribution >= 0.6 is 0 Å². The number of hydrogen-bond acceptors (Lipinski definition) is 4. The van der Waals surface area contributed by atoms with Crippen LogP contribution in [0.2, 0.25) is 19.6 Å². The molecule has 1 aliphatic heterocycles. The highest BCUT2D eigenvalue weighted by atomic mass is 28.3. The Kier molecular flexibility index (Phi) is 6.31. The fourth-order valence-electron chi connectivity index (χ4n) is 5.00. The average molecular weight is 534 g/mol. The molecule has 2 aromatic heterocycles. The Hall–Kier alpha value is -3.35. The molecule has 2 aromatic carbocycles. The predicted molar refractivity (Wildman–Crippen MR) is 155 cm³/mol. The molecule has 5 rings (SSSR count). The summed E-state index contributed by atoms with van der Waals surface area (Å²) in [4.78, 5) is 20.2. The summed E-state index contributed by atoms with van der Waals surface area (Å²) < 4.78 is 26.4. The van der Waals surface area contributed by atoms with E-state index in [1.807, 2.05) is 10.6 Å². The zero-order valence-electron chi connectivity index (χ0n) is 23.6. The quantitative estimate of drug-likeness (QED) is 0.276. The lowest BCUT2D eigenvalue weighted by atomic mass is 9.95. The van der Waals surface area contributed by atoms with Crippen molar-refractivity contribution in [3.8, 4) is 17.2 Å². The van der Waals surface area contributed by atoms with Crippen molar-refractivity contribution in [1.82, 2.24) is 18.7 Å². The van der Waals surface area contributed by atoms with Gasteiger partial charge in [-0.2, -0.15) is 0 Å². The Morgan fingerprint density at radius 1 is 1.00 bits per heavy atom. The average Bonchev–Trinajstić information content (AvgIpc) is 3.33. The number of aryl methyl sites for hydroxylation is 2. The molecule has 0 unspecified atom stereocenters. The van der Waals surface area contributed by atoms with Crippen LogP contribution in [-0.4, -0.2) is 53.1 Å². The number of fused-ring (bicyclic) bond motifs is 2. The minimum absolute atomic E-state index is 0.0881. The maximum atomic E-state index is 15.4. The van der Waals surface area contributed by atoms with Gasteiger partial charge in [0, 0.05) is 38.7 Å². The van der Waals surface area contributed by atoms with Gasteiger partial charge >= 0.3 is 5.69 Å². The van der Waals surface area contributed by atoms with Crippen molar-refractivity contribution in [2.24, 2.45) is 14.1 Å². The van der Waals surface area contributed by atoms with E-state index in [1.54, 1.807) is 35.4 Å². The van der Waals surface area contributed by atoms with E-state index in [0.717, 1.165) is 41.3 Å². The Morgan fingerprint density at radius 3 is 2.32 bits per heavy atom. The molecule has 3 heterocycles. The number of aromatic nitrogens is 4. The smallest absolute Gasteiger partial charge is 0.328 e. The van der Waals surface area contributed by atoms with Crippen LogP contribution in [0.15, 0.2) is 29.1 Å². The predicted octanol–water partition coefficient (Wildman–Crippen LogP) is 4.72. The highest BCUT2D eigenvalue weighted by Gasteiger charge is 2.27. The molecule has 4 aromatic rings. The van der Waals surface area contributed by atoms with E-state index >= 15 is 4.39 Å². The van der Waals surface area contributed by atoms with Crippen LogP contribution in [0.5, 0.6) is 0 Å². The maximum absolute atomic E-state index is 15.4. The molecule has 1 aliphatic rings. The summed E-state index contributed by atoms with van der Waals surface area (Å²) in [7, 11) is 1.92. The number of rotatable bonds is 2. The number of morpholine rings is 1. The van der Waals surface area contributed by atoms with E-state index in [1.165, 1.54) is 0 Å². The molecule has 200 valence electrons. The van der Waals surface area contributed by atoms with Gasteiger partial charge in [0.05, 0.1) is 52.2 Å². The number of hydrogen-bond donors (Lipinski definition) is 0. The largest absolute Gasteiger partial charge is 0.378 e. The van der Waals surface area contributed by atoms with Crippen LogP contribution in [-0.2, 0) is 24.2 Å². The lowest BCUT2D eigenvalue weighted by Gasteiger charge is -2.30. The minimum Gasteiger partial charge on any atom is -0.378 e. The van der Waals surface area contributed by atoms with E-state index in [9.17, 15) is 4.79 Å². The summed E-state index contributed by atoms with van der Waals surface area (Å²) >= 11 is 0. The van der Waals surface area contributed by atoms with Gasteiger partial charge in [0.25, 0.3) is 0 Å². The summed E-state index contributed by atoms with van der Waals surface area (Å²) in [5.74, 6) is 3.53. The number of imidazole rings is 2. The second kappa shape index (κ2) is 9.14. The van der Waals surface area contributed by atoms with Gasteiger partial charge in [-0.3, -0.25) is 13.7 Å². The highest BCUT2D eigenvalue weighted by Crippen LogP contribution is 2.35. The van der Waals surface area contributed by atoms with Gasteiger partial charge in [-0.05, 0) is 18.2 Å². The minimum atomic E-state index is -1.67. The molecule has 0 spiro atoms. The Labute approximate surface area is 223 Å². The number of ether oxygens (including phenoxy) is 1. The van der Waals surface area contributed by atoms with Crippen LogP contribution in [0.4, 0.5) is 10.1 Å². The first-order valence-electron chi connectivity index (χ1n) is 13.0. The molecule has 0 N–H and O–H groups in total. The first-order chi connectivity index (χ1) is 17.8. The SMILES string of the molecule is Cn1c(=O)n(C)c2c(N3CCOCC3)cc(-n3c(C(C)(C)C)nc4cc(C#C[Si](C)(C)C)c(F)cc43)cc21. The van der Waals surface area contributed by atoms with E-state index in [4.69, 9.17) is 9.72 Å². The highest BCUT2D eigenvalue weighted by molar-refractivity contribution is 6.83. The summed E-state index contributed by atoms with van der Waals surface area (Å²) in [6.45, 7) is 15.4. The molecular formula is C29H36FN5O2Si. The molecule has 0 aliphatic carbocycles. The molecule has 7 nitrogen and oxygen atoms in total. The molecule has 0 radical (unpaired) electrons. The summed E-state index contributed by atoms with van der Waals surface area (Å²) in [6, 6.07) is 7.42. The molecule has 0 saturated carbocycles. The van der Waals surface area contributed by atoms with Crippen LogP contribution in [0.25, 0.3) is 27.8 Å². The van der Waals surface area contributed by atoms with Crippen molar-refractivity contribution >= 4 is 35.8 Å². The second-order valence-corrected chi connectivity index (χ2v) is 16.9. The van der Waals surface area contributed by atoms with E-state index in [-0.39, 0.29) is 16.9 Å². The molecule has 1 fully saturated rings. The van der Waals surface area contributed by atoms with Gasteiger partial charge in [0.1, 0.15) is 19.7 Å². The number of nitrogens with zero attached hydrogens (tertiary/aromatic N) is 5. The third-order valence-electron chi connectivity index (χ3n) is 6.92. The Morgan fingerprint density at radius 2 is 1.68 bits per heavy atom. The molecule has 0 bridgehead atoms. The zero-order chi connectivity index (χ0) is 27.6. The van der Waals surface area contributed by atoms with Crippen molar-refractivity contribution in [3.63, 3.8) is 0 Å². The fourth-order valence-corrected chi connectivity index (χ4v) is 5.51. The molecule has 0 amide bonds. The Balaban J connectivity index is 1.83. The fraction of sp³-hybridized carbons (Fsp3) is 0.448. The summed E-state index contributed by atoms with van der Waals surface area (Å²) in [5.41, 5.74) is 8.10. The third kappa shape index (κ3) is 4.56. The number of halogens is 1. The zero-order valence-corrected chi connectivity index (χ0v) is 24.6. The lowest BCUT2D eigenvalue weighted by Crippen LogP contribution is -2.36. The Bertz CT molecular complexity index is 1680. The van der Waals surface area contributed by atoms with Gasteiger partial charge < -0.3 is 9.64 Å². The van der Waals surface area contributed by atoms with E-state index in [0.29, 0.717) is 29.8 Å². The van der Waals surface area contributed by atoms with Crippen LogP contribution in [0.1, 0.15) is 32.2 Å². The summed E-state index contributed by atoms with van der Waals surface area (Å²) in [5, 5.41) is 0. The van der Waals surface area contributed by atoms with Crippen molar-refractivity contribution in [1.29, 1.82) is 0 Å². The van der Waals surface area contributed by atoms with Gasteiger partial charge in [-0.15, -0.1) is 5.54 Å². The van der Waals surface area contributed by atoms with Crippen LogP contribution in [0, 0.1) is 17.3 Å². The van der Waals surface area contributed by atoms with Gasteiger partial charge in [0.2, 0.25) is 0 Å². The van der Waals surface area contributed by atoms with Crippen LogP contribution in [0.3, 0.4) is 0 Å². The monoisotopic (exact) mass is 533 g/mol. The lowest BCUT2D eigenvalue weighted by molar-refractivity contribution is 0.123. The molecule has 9 heteroatoms. The van der Waals surface area contributed by atoms with E-state index < -0.39 is 8.07 Å². The molecule has 38 heavy (non-hydrogen) atoms. The number of anilines is 1. The second-order valence-electron chi connectivity index (χ2n) is 12.2. The van der Waals surface area contributed by atoms with Crippen molar-refractivity contribution in [2.45, 2.75) is 45.8 Å². The van der Waals surface area contributed by atoms with E-state index in [2.05, 4.69) is 62.8 Å².